The summed E-state index contributed by atoms with van der Waals surface area (Å²) in [6.45, 7) is 0.746. The first kappa shape index (κ1) is 22.9. The summed E-state index contributed by atoms with van der Waals surface area (Å²) in [4.78, 5) is 4.12. The number of nitrogens with one attached hydrogen (secondary N) is 2. The van der Waals surface area contributed by atoms with Gasteiger partial charge in [-0.1, -0.05) is 12.1 Å². The van der Waals surface area contributed by atoms with Crippen LogP contribution in [0.25, 0.3) is 0 Å². The highest BCUT2D eigenvalue weighted by Gasteiger charge is 2.15. The number of ether oxygens (including phenoxy) is 2. The van der Waals surface area contributed by atoms with E-state index in [0.29, 0.717) is 31.2 Å². The fourth-order valence-corrected chi connectivity index (χ4v) is 2.31. The molecule has 7 nitrogen and oxygen atoms in total. The fourth-order valence-electron chi connectivity index (χ4n) is 2.31. The topological polar surface area (TPSA) is 72.7 Å². The van der Waals surface area contributed by atoms with Crippen LogP contribution in [-0.2, 0) is 13.1 Å². The lowest BCUT2D eigenvalue weighted by atomic mass is 10.2. The van der Waals surface area contributed by atoms with Gasteiger partial charge in [0.1, 0.15) is 0 Å². The zero-order valence-electron chi connectivity index (χ0n) is 15.2. The van der Waals surface area contributed by atoms with E-state index in [4.69, 9.17) is 4.74 Å². The van der Waals surface area contributed by atoms with E-state index < -0.39 is 6.61 Å². The predicted molar refractivity (Wildman–Crippen MR) is 110 cm³/mol. The first-order chi connectivity index (χ1) is 12.6. The van der Waals surface area contributed by atoms with Crippen LogP contribution in [0.3, 0.4) is 0 Å². The molecule has 0 aliphatic heterocycles. The quantitative estimate of drug-likeness (QED) is 0.318. The minimum atomic E-state index is -2.93. The number of rotatable bonds is 9. The van der Waals surface area contributed by atoms with E-state index in [1.165, 1.54) is 0 Å². The highest BCUT2D eigenvalue weighted by Crippen LogP contribution is 2.32. The maximum atomic E-state index is 12.7. The SMILES string of the molecule is CCOc1cccc(CNC(=NC)NCCn2cccn2)c1OC(F)F.I. The van der Waals surface area contributed by atoms with Gasteiger partial charge in [-0.15, -0.1) is 24.0 Å². The van der Waals surface area contributed by atoms with Gasteiger partial charge in [-0.05, 0) is 19.1 Å². The highest BCUT2D eigenvalue weighted by molar-refractivity contribution is 14.0. The molecular weight excluding hydrogens is 471 g/mol. The maximum Gasteiger partial charge on any atom is 0.387 e. The van der Waals surface area contributed by atoms with Gasteiger partial charge in [0.2, 0.25) is 0 Å². The Hall–Kier alpha value is -2.11. The number of benzene rings is 1. The van der Waals surface area contributed by atoms with Crippen molar-refractivity contribution >= 4 is 29.9 Å². The van der Waals surface area contributed by atoms with E-state index in [1.54, 1.807) is 43.0 Å². The van der Waals surface area contributed by atoms with Crippen molar-refractivity contribution in [2.24, 2.45) is 4.99 Å². The van der Waals surface area contributed by atoms with Crippen molar-refractivity contribution in [3.63, 3.8) is 0 Å². The molecule has 0 unspecified atom stereocenters. The Balaban J connectivity index is 0.00000364. The number of alkyl halides is 2. The predicted octanol–water partition coefficient (Wildman–Crippen LogP) is 2.87. The van der Waals surface area contributed by atoms with E-state index in [1.807, 2.05) is 12.3 Å². The second-order valence-electron chi connectivity index (χ2n) is 5.18. The van der Waals surface area contributed by atoms with E-state index >= 15 is 0 Å². The number of hydrogen-bond acceptors (Lipinski definition) is 4. The second-order valence-corrected chi connectivity index (χ2v) is 5.18. The van der Waals surface area contributed by atoms with Crippen LogP contribution in [0, 0.1) is 0 Å². The molecule has 0 spiro atoms. The minimum Gasteiger partial charge on any atom is -0.490 e. The van der Waals surface area contributed by atoms with Crippen LogP contribution >= 0.6 is 24.0 Å². The fraction of sp³-hybridized carbons (Fsp3) is 0.412. The third kappa shape index (κ3) is 7.57. The summed E-state index contributed by atoms with van der Waals surface area (Å²) < 4.78 is 37.3. The molecule has 0 bridgehead atoms. The lowest BCUT2D eigenvalue weighted by Gasteiger charge is -2.17. The highest BCUT2D eigenvalue weighted by atomic mass is 127. The number of aromatic nitrogens is 2. The molecule has 10 heteroatoms. The summed E-state index contributed by atoms with van der Waals surface area (Å²) in [5.74, 6) is 0.861. The van der Waals surface area contributed by atoms with Crippen molar-refractivity contribution < 1.29 is 18.3 Å². The van der Waals surface area contributed by atoms with Gasteiger partial charge in [0.15, 0.2) is 17.5 Å². The van der Waals surface area contributed by atoms with Gasteiger partial charge >= 0.3 is 6.61 Å². The number of hydrogen-bond donors (Lipinski definition) is 2. The smallest absolute Gasteiger partial charge is 0.387 e. The third-order valence-electron chi connectivity index (χ3n) is 3.43. The second kappa shape index (κ2) is 12.3. The standard InChI is InChI=1S/C17H23F2N5O2.HI/c1-3-25-14-7-4-6-13(15(14)26-16(18)19)12-22-17(20-2)21-9-11-24-10-5-8-23-24;/h4-8,10,16H,3,9,11-12H2,1-2H3,(H2,20,21,22);1H. The van der Waals surface area contributed by atoms with Crippen molar-refractivity contribution in [1.29, 1.82) is 0 Å². The van der Waals surface area contributed by atoms with Gasteiger partial charge in [0, 0.05) is 38.1 Å². The summed E-state index contributed by atoms with van der Waals surface area (Å²) in [6.07, 6.45) is 3.58. The largest absolute Gasteiger partial charge is 0.490 e. The van der Waals surface area contributed by atoms with Crippen LogP contribution in [0.1, 0.15) is 12.5 Å². The Morgan fingerprint density at radius 2 is 2.11 bits per heavy atom. The van der Waals surface area contributed by atoms with E-state index in [0.717, 1.165) is 0 Å². The van der Waals surface area contributed by atoms with Crippen molar-refractivity contribution in [2.45, 2.75) is 26.6 Å². The molecule has 27 heavy (non-hydrogen) atoms. The summed E-state index contributed by atoms with van der Waals surface area (Å²) in [5.41, 5.74) is 0.547. The van der Waals surface area contributed by atoms with Gasteiger partial charge in [0.05, 0.1) is 13.2 Å². The first-order valence-corrected chi connectivity index (χ1v) is 8.25. The van der Waals surface area contributed by atoms with Crippen molar-refractivity contribution in [2.75, 3.05) is 20.2 Å². The summed E-state index contributed by atoms with van der Waals surface area (Å²) >= 11 is 0. The number of nitrogens with zero attached hydrogens (tertiary/aromatic N) is 3. The molecule has 2 rings (SSSR count). The molecule has 0 radical (unpaired) electrons. The van der Waals surface area contributed by atoms with Crippen LogP contribution in [0.4, 0.5) is 8.78 Å². The molecule has 1 aromatic carbocycles. The van der Waals surface area contributed by atoms with Gasteiger partial charge in [-0.25, -0.2) is 0 Å². The third-order valence-corrected chi connectivity index (χ3v) is 3.43. The molecule has 0 aliphatic rings. The molecule has 0 fully saturated rings. The maximum absolute atomic E-state index is 12.7. The normalized spacial score (nSPS) is 11.1. The Labute approximate surface area is 174 Å². The van der Waals surface area contributed by atoms with Crippen LogP contribution in [-0.4, -0.2) is 42.6 Å². The zero-order chi connectivity index (χ0) is 18.8. The average Bonchev–Trinajstić information content (AvgIpc) is 3.13. The number of aliphatic imine (C=N–C) groups is 1. The van der Waals surface area contributed by atoms with Crippen molar-refractivity contribution in [3.8, 4) is 11.5 Å². The lowest BCUT2D eigenvalue weighted by molar-refractivity contribution is -0.0520. The molecule has 0 atom stereocenters. The monoisotopic (exact) mass is 495 g/mol. The molecule has 0 saturated heterocycles. The van der Waals surface area contributed by atoms with Crippen LogP contribution in [0.5, 0.6) is 11.5 Å². The molecule has 0 saturated carbocycles. The molecule has 0 amide bonds. The first-order valence-electron chi connectivity index (χ1n) is 8.25. The number of halogens is 3. The number of guanidine groups is 1. The number of para-hydroxylation sites is 1. The molecule has 0 aliphatic carbocycles. The Bertz CT molecular complexity index is 699. The van der Waals surface area contributed by atoms with E-state index in [-0.39, 0.29) is 42.0 Å². The van der Waals surface area contributed by atoms with Crippen LogP contribution in [0.15, 0.2) is 41.7 Å². The van der Waals surface area contributed by atoms with Crippen molar-refractivity contribution in [3.05, 3.63) is 42.2 Å². The Morgan fingerprint density at radius 3 is 2.74 bits per heavy atom. The lowest BCUT2D eigenvalue weighted by Crippen LogP contribution is -2.38. The molecule has 2 aromatic rings. The Morgan fingerprint density at radius 1 is 1.30 bits per heavy atom. The summed E-state index contributed by atoms with van der Waals surface area (Å²) in [6, 6.07) is 6.88. The van der Waals surface area contributed by atoms with Crippen molar-refractivity contribution in [1.82, 2.24) is 20.4 Å². The van der Waals surface area contributed by atoms with Gasteiger partial charge in [-0.3, -0.25) is 9.67 Å². The van der Waals surface area contributed by atoms with Gasteiger partial charge in [0.25, 0.3) is 0 Å². The zero-order valence-corrected chi connectivity index (χ0v) is 17.5. The summed E-state index contributed by atoms with van der Waals surface area (Å²) in [7, 11) is 1.64. The Kier molecular flexibility index (Phi) is 10.5. The minimum absolute atomic E-state index is 0. The molecule has 150 valence electrons. The van der Waals surface area contributed by atoms with E-state index in [9.17, 15) is 8.78 Å². The molecule has 2 N–H and O–H groups in total. The average molecular weight is 495 g/mol. The molecule has 1 heterocycles. The van der Waals surface area contributed by atoms with Gasteiger partial charge in [-0.2, -0.15) is 13.9 Å². The van der Waals surface area contributed by atoms with E-state index in [2.05, 4.69) is 25.5 Å². The van der Waals surface area contributed by atoms with Gasteiger partial charge < -0.3 is 20.1 Å². The molecule has 1 aromatic heterocycles. The molecular formula is C17H24F2IN5O2. The van der Waals surface area contributed by atoms with Crippen LogP contribution < -0.4 is 20.1 Å². The summed E-state index contributed by atoms with van der Waals surface area (Å²) in [5, 5.41) is 10.3. The van der Waals surface area contributed by atoms with Crippen LogP contribution in [0.2, 0.25) is 0 Å².